The first-order valence-electron chi connectivity index (χ1n) is 10.1. The fourth-order valence-electron chi connectivity index (χ4n) is 4.70. The summed E-state index contributed by atoms with van der Waals surface area (Å²) in [5, 5.41) is 3.64. The maximum Gasteiger partial charge on any atom is 0.174 e. The Bertz CT molecular complexity index is 1550. The van der Waals surface area contributed by atoms with Gasteiger partial charge in [-0.2, -0.15) is 0 Å². The molecule has 1 aliphatic heterocycles. The highest BCUT2D eigenvalue weighted by atomic mass is 32.2. The molecule has 0 unspecified atom stereocenters. The number of hydrogen-bond donors (Lipinski definition) is 0. The standard InChI is InChI=1S/C26H17N3S/c1-4-10-22-17(7-1)16-30-26-27-21-14-13-18(15-25(21)29(22)26)28-23-11-5-2-8-19(23)20-9-3-6-12-24(20)28/h1-15H,16H2. The number of aromatic nitrogens is 3. The van der Waals surface area contributed by atoms with Crippen LogP contribution in [0.3, 0.4) is 0 Å². The highest BCUT2D eigenvalue weighted by molar-refractivity contribution is 7.98. The smallest absolute Gasteiger partial charge is 0.174 e. The Morgan fingerprint density at radius 1 is 0.667 bits per heavy atom. The van der Waals surface area contributed by atoms with Crippen LogP contribution in [0.15, 0.2) is 96.2 Å². The molecule has 0 atom stereocenters. The Morgan fingerprint density at radius 3 is 2.17 bits per heavy atom. The highest BCUT2D eigenvalue weighted by Gasteiger charge is 2.21. The molecule has 3 nitrogen and oxygen atoms in total. The van der Waals surface area contributed by atoms with E-state index in [2.05, 4.69) is 100 Å². The van der Waals surface area contributed by atoms with Gasteiger partial charge in [0.15, 0.2) is 5.16 Å². The minimum atomic E-state index is 0.971. The van der Waals surface area contributed by atoms with Crippen molar-refractivity contribution < 1.29 is 0 Å². The Labute approximate surface area is 177 Å². The van der Waals surface area contributed by atoms with Crippen molar-refractivity contribution in [1.82, 2.24) is 14.1 Å². The van der Waals surface area contributed by atoms with Crippen LogP contribution in [0.2, 0.25) is 0 Å². The summed E-state index contributed by atoms with van der Waals surface area (Å²) in [6.45, 7) is 0. The van der Waals surface area contributed by atoms with Gasteiger partial charge in [0.05, 0.1) is 27.8 Å². The lowest BCUT2D eigenvalue weighted by Crippen LogP contribution is -2.05. The summed E-state index contributed by atoms with van der Waals surface area (Å²) in [4.78, 5) is 4.92. The van der Waals surface area contributed by atoms with E-state index in [9.17, 15) is 0 Å². The molecule has 3 heterocycles. The van der Waals surface area contributed by atoms with Crippen LogP contribution in [0, 0.1) is 0 Å². The number of thioether (sulfide) groups is 1. The van der Waals surface area contributed by atoms with E-state index in [0.29, 0.717) is 0 Å². The molecule has 0 amide bonds. The van der Waals surface area contributed by atoms with Crippen LogP contribution >= 0.6 is 11.8 Å². The molecule has 2 aromatic heterocycles. The number of nitrogens with zero attached hydrogens (tertiary/aromatic N) is 3. The largest absolute Gasteiger partial charge is 0.309 e. The molecular weight excluding hydrogens is 386 g/mol. The molecule has 0 fully saturated rings. The van der Waals surface area contributed by atoms with Gasteiger partial charge in [0.25, 0.3) is 0 Å². The summed E-state index contributed by atoms with van der Waals surface area (Å²) in [6.07, 6.45) is 0. The number of hydrogen-bond acceptors (Lipinski definition) is 2. The molecular formula is C26H17N3S. The number of benzene rings is 4. The van der Waals surface area contributed by atoms with Gasteiger partial charge >= 0.3 is 0 Å². The average molecular weight is 404 g/mol. The van der Waals surface area contributed by atoms with Gasteiger partial charge in [0.2, 0.25) is 0 Å². The van der Waals surface area contributed by atoms with E-state index in [1.54, 1.807) is 0 Å². The van der Waals surface area contributed by atoms with E-state index >= 15 is 0 Å². The number of para-hydroxylation sites is 3. The maximum absolute atomic E-state index is 4.92. The molecule has 0 aliphatic carbocycles. The van der Waals surface area contributed by atoms with E-state index in [4.69, 9.17) is 4.98 Å². The molecule has 0 saturated carbocycles. The van der Waals surface area contributed by atoms with Crippen LogP contribution in [0.25, 0.3) is 44.2 Å². The third-order valence-corrected chi connectivity index (χ3v) is 7.02. The van der Waals surface area contributed by atoms with Gasteiger partial charge in [-0.3, -0.25) is 4.57 Å². The Kier molecular flexibility index (Phi) is 3.26. The summed E-state index contributed by atoms with van der Waals surface area (Å²) < 4.78 is 4.68. The quantitative estimate of drug-likeness (QED) is 0.304. The lowest BCUT2D eigenvalue weighted by atomic mass is 10.2. The molecule has 4 heteroatoms. The second-order valence-corrected chi connectivity index (χ2v) is 8.63. The van der Waals surface area contributed by atoms with E-state index < -0.39 is 0 Å². The summed E-state index contributed by atoms with van der Waals surface area (Å²) in [5.74, 6) is 0.971. The molecule has 30 heavy (non-hydrogen) atoms. The van der Waals surface area contributed by atoms with Crippen molar-refractivity contribution in [2.24, 2.45) is 0 Å². The van der Waals surface area contributed by atoms with Crippen molar-refractivity contribution >= 4 is 44.6 Å². The van der Waals surface area contributed by atoms with Crippen LogP contribution < -0.4 is 0 Å². The van der Waals surface area contributed by atoms with Crippen LogP contribution in [0.5, 0.6) is 0 Å². The van der Waals surface area contributed by atoms with E-state index in [-0.39, 0.29) is 0 Å². The summed E-state index contributed by atoms with van der Waals surface area (Å²) >= 11 is 1.81. The Balaban J connectivity index is 1.56. The maximum atomic E-state index is 4.92. The summed E-state index contributed by atoms with van der Waals surface area (Å²) in [6, 6.07) is 32.6. The zero-order valence-corrected chi connectivity index (χ0v) is 16.9. The molecule has 0 N–H and O–H groups in total. The van der Waals surface area contributed by atoms with Gasteiger partial charge < -0.3 is 4.57 Å². The summed E-state index contributed by atoms with van der Waals surface area (Å²) in [5.41, 5.74) is 8.42. The molecule has 4 aromatic carbocycles. The summed E-state index contributed by atoms with van der Waals surface area (Å²) in [7, 11) is 0. The first-order valence-corrected chi connectivity index (χ1v) is 11.1. The zero-order valence-electron chi connectivity index (χ0n) is 16.1. The van der Waals surface area contributed by atoms with Crippen LogP contribution in [0.1, 0.15) is 5.56 Å². The van der Waals surface area contributed by atoms with Gasteiger partial charge in [-0.1, -0.05) is 66.4 Å². The predicted molar refractivity (Wildman–Crippen MR) is 125 cm³/mol. The molecule has 0 bridgehead atoms. The van der Waals surface area contributed by atoms with Gasteiger partial charge in [-0.15, -0.1) is 0 Å². The van der Waals surface area contributed by atoms with Crippen molar-refractivity contribution in [2.45, 2.75) is 10.9 Å². The number of imidazole rings is 1. The van der Waals surface area contributed by atoms with Crippen LogP contribution in [-0.4, -0.2) is 14.1 Å². The second-order valence-electron chi connectivity index (χ2n) is 7.69. The average Bonchev–Trinajstić information content (AvgIpc) is 3.34. The fraction of sp³-hybridized carbons (Fsp3) is 0.0385. The fourth-order valence-corrected chi connectivity index (χ4v) is 5.72. The van der Waals surface area contributed by atoms with Crippen molar-refractivity contribution in [3.8, 4) is 11.4 Å². The van der Waals surface area contributed by atoms with Crippen molar-refractivity contribution in [1.29, 1.82) is 0 Å². The van der Waals surface area contributed by atoms with Gasteiger partial charge in [0, 0.05) is 22.2 Å². The first-order chi connectivity index (χ1) is 14.9. The minimum Gasteiger partial charge on any atom is -0.309 e. The Hall–Kier alpha value is -3.50. The zero-order chi connectivity index (χ0) is 19.7. The van der Waals surface area contributed by atoms with E-state index in [1.807, 2.05) is 11.8 Å². The van der Waals surface area contributed by atoms with E-state index in [1.165, 1.54) is 33.1 Å². The first kappa shape index (κ1) is 16.3. The molecule has 6 aromatic rings. The molecule has 0 saturated heterocycles. The lowest BCUT2D eigenvalue weighted by molar-refractivity contribution is 0.894. The molecule has 1 aliphatic rings. The molecule has 0 radical (unpaired) electrons. The van der Waals surface area contributed by atoms with Crippen molar-refractivity contribution in [3.05, 3.63) is 96.6 Å². The Morgan fingerprint density at radius 2 is 1.37 bits per heavy atom. The monoisotopic (exact) mass is 403 g/mol. The van der Waals surface area contributed by atoms with Gasteiger partial charge in [0.1, 0.15) is 0 Å². The lowest BCUT2D eigenvalue weighted by Gasteiger charge is -2.18. The van der Waals surface area contributed by atoms with Crippen molar-refractivity contribution in [3.63, 3.8) is 0 Å². The number of fused-ring (bicyclic) bond motifs is 8. The number of rotatable bonds is 1. The topological polar surface area (TPSA) is 22.8 Å². The van der Waals surface area contributed by atoms with Crippen LogP contribution in [-0.2, 0) is 5.75 Å². The predicted octanol–water partition coefficient (Wildman–Crippen LogP) is 6.73. The van der Waals surface area contributed by atoms with Crippen molar-refractivity contribution in [2.75, 3.05) is 0 Å². The molecule has 0 spiro atoms. The normalized spacial score (nSPS) is 13.1. The molecule has 142 valence electrons. The van der Waals surface area contributed by atoms with E-state index in [0.717, 1.165) is 27.6 Å². The van der Waals surface area contributed by atoms with Gasteiger partial charge in [-0.25, -0.2) is 4.98 Å². The minimum absolute atomic E-state index is 0.971. The highest BCUT2D eigenvalue weighted by Crippen LogP contribution is 2.38. The third-order valence-electron chi connectivity index (χ3n) is 6.03. The second kappa shape index (κ2) is 6.00. The molecule has 7 rings (SSSR count). The van der Waals surface area contributed by atoms with Crippen LogP contribution in [0.4, 0.5) is 0 Å². The third kappa shape index (κ3) is 2.14. The van der Waals surface area contributed by atoms with Gasteiger partial charge in [-0.05, 0) is 42.0 Å². The SMILES string of the molecule is c1ccc2c(c1)CSc1nc3ccc(-n4c5ccccc5c5ccccc54)cc3n1-2.